The zero-order chi connectivity index (χ0) is 24.1. The van der Waals surface area contributed by atoms with Crippen LogP contribution in [0.1, 0.15) is 92.4 Å². The minimum Gasteiger partial charge on any atom is -0.462 e. The summed E-state index contributed by atoms with van der Waals surface area (Å²) >= 11 is 0. The van der Waals surface area contributed by atoms with E-state index in [2.05, 4.69) is 33.8 Å². The molecule has 0 unspecified atom stereocenters. The smallest absolute Gasteiger partial charge is 0.302 e. The van der Waals surface area contributed by atoms with Gasteiger partial charge in [0.1, 0.15) is 11.7 Å². The highest BCUT2D eigenvalue weighted by molar-refractivity contribution is 5.66. The van der Waals surface area contributed by atoms with E-state index in [4.69, 9.17) is 14.2 Å². The van der Waals surface area contributed by atoms with E-state index in [9.17, 15) is 9.90 Å². The average Bonchev–Trinajstić information content (AvgIpc) is 3.14. The van der Waals surface area contributed by atoms with Crippen LogP contribution in [0.15, 0.2) is 11.6 Å². The number of hydrogen-bond acceptors (Lipinski definition) is 5. The normalized spacial score (nSPS) is 56.2. The van der Waals surface area contributed by atoms with Crippen LogP contribution in [0.4, 0.5) is 0 Å². The first kappa shape index (κ1) is 23.5. The van der Waals surface area contributed by atoms with Crippen LogP contribution in [0.3, 0.4) is 0 Å². The van der Waals surface area contributed by atoms with E-state index in [1.165, 1.54) is 12.5 Å². The van der Waals surface area contributed by atoms with Gasteiger partial charge in [0.25, 0.3) is 0 Å². The summed E-state index contributed by atoms with van der Waals surface area (Å²) in [7, 11) is 0. The maximum atomic E-state index is 12.5. The monoisotopic (exact) mass is 472 g/mol. The van der Waals surface area contributed by atoms with Crippen LogP contribution in [-0.2, 0) is 19.0 Å². The first-order chi connectivity index (χ1) is 16.0. The third-order valence-electron chi connectivity index (χ3n) is 11.9. The fraction of sp³-hybridized carbons (Fsp3) is 0.897. The van der Waals surface area contributed by atoms with Crippen LogP contribution in [0.5, 0.6) is 0 Å². The minimum atomic E-state index is -0.818. The Bertz CT molecular complexity index is 889. The second-order valence-electron chi connectivity index (χ2n) is 13.3. The van der Waals surface area contributed by atoms with Crippen molar-refractivity contribution in [1.29, 1.82) is 0 Å². The molecular formula is C29H44O5. The van der Waals surface area contributed by atoms with Gasteiger partial charge < -0.3 is 19.3 Å². The van der Waals surface area contributed by atoms with Crippen molar-refractivity contribution in [3.8, 4) is 0 Å². The van der Waals surface area contributed by atoms with Crippen molar-refractivity contribution >= 4 is 5.97 Å². The van der Waals surface area contributed by atoms with Crippen molar-refractivity contribution in [1.82, 2.24) is 0 Å². The molecule has 190 valence electrons. The summed E-state index contributed by atoms with van der Waals surface area (Å²) in [5.41, 5.74) is 0.753. The molecule has 0 aromatic carbocycles. The molecular weight excluding hydrogens is 428 g/mol. The fourth-order valence-corrected chi connectivity index (χ4v) is 9.90. The molecule has 0 amide bonds. The van der Waals surface area contributed by atoms with E-state index in [-0.39, 0.29) is 34.9 Å². The van der Waals surface area contributed by atoms with Crippen LogP contribution in [-0.4, -0.2) is 41.3 Å². The molecule has 3 saturated carbocycles. The second-order valence-corrected chi connectivity index (χ2v) is 13.3. The molecule has 5 nitrogen and oxygen atoms in total. The lowest BCUT2D eigenvalue weighted by atomic mass is 9.46. The molecule has 4 aliphatic carbocycles. The Morgan fingerprint density at radius 2 is 1.91 bits per heavy atom. The fourth-order valence-electron chi connectivity index (χ4n) is 9.90. The first-order valence-electron chi connectivity index (χ1n) is 13.9. The summed E-state index contributed by atoms with van der Waals surface area (Å²) in [6.07, 6.45) is 11.6. The van der Waals surface area contributed by atoms with Crippen LogP contribution < -0.4 is 0 Å². The lowest BCUT2D eigenvalue weighted by Gasteiger charge is -2.59. The van der Waals surface area contributed by atoms with Crippen LogP contribution in [0, 0.1) is 40.4 Å². The van der Waals surface area contributed by atoms with Crippen molar-refractivity contribution in [3.63, 3.8) is 0 Å². The van der Waals surface area contributed by atoms with Gasteiger partial charge in [-0.2, -0.15) is 0 Å². The summed E-state index contributed by atoms with van der Waals surface area (Å²) in [6.45, 7) is 11.5. The maximum absolute atomic E-state index is 12.5. The Kier molecular flexibility index (Phi) is 5.22. The van der Waals surface area contributed by atoms with E-state index >= 15 is 0 Å². The SMILES string of the molecule is CC(=O)O[C@H]1CC[C@@]2(C)C(=CC[C@H]3[C@H]2CC[C@@]2(C)[C@@H]3C[C@H]3O[C@]4(CC[C@H](C)CO4)[C@H](C)[C@]32O)C1. The van der Waals surface area contributed by atoms with Crippen molar-refractivity contribution in [2.45, 2.75) is 116 Å². The van der Waals surface area contributed by atoms with Gasteiger partial charge in [0.2, 0.25) is 0 Å². The lowest BCUT2D eigenvalue weighted by molar-refractivity contribution is -0.274. The molecule has 2 saturated heterocycles. The molecule has 6 rings (SSSR count). The predicted octanol–water partition coefficient (Wildman–Crippen LogP) is 5.40. The number of aliphatic hydroxyl groups is 1. The molecule has 11 atom stereocenters. The number of allylic oxidation sites excluding steroid dienone is 1. The third kappa shape index (κ3) is 2.93. The molecule has 0 aromatic heterocycles. The summed E-state index contributed by atoms with van der Waals surface area (Å²) < 4.78 is 18.7. The summed E-state index contributed by atoms with van der Waals surface area (Å²) in [6, 6.07) is 0. The number of ether oxygens (including phenoxy) is 3. The van der Waals surface area contributed by atoms with Gasteiger partial charge >= 0.3 is 5.97 Å². The van der Waals surface area contributed by atoms with Gasteiger partial charge in [0.05, 0.1) is 12.7 Å². The largest absolute Gasteiger partial charge is 0.462 e. The van der Waals surface area contributed by atoms with Crippen molar-refractivity contribution in [2.24, 2.45) is 40.4 Å². The van der Waals surface area contributed by atoms with Gasteiger partial charge in [-0.3, -0.25) is 4.79 Å². The van der Waals surface area contributed by atoms with Gasteiger partial charge in [-0.05, 0) is 74.0 Å². The molecule has 5 heteroatoms. The third-order valence-corrected chi connectivity index (χ3v) is 11.9. The molecule has 6 aliphatic rings. The second kappa shape index (κ2) is 7.55. The van der Waals surface area contributed by atoms with Gasteiger partial charge in [-0.1, -0.05) is 39.3 Å². The molecule has 0 bridgehead atoms. The number of rotatable bonds is 1. The van der Waals surface area contributed by atoms with E-state index < -0.39 is 11.4 Å². The van der Waals surface area contributed by atoms with Crippen LogP contribution >= 0.6 is 0 Å². The summed E-state index contributed by atoms with van der Waals surface area (Å²) in [5, 5.41) is 12.5. The Morgan fingerprint density at radius 1 is 1.12 bits per heavy atom. The Balaban J connectivity index is 1.27. The van der Waals surface area contributed by atoms with E-state index in [0.29, 0.717) is 23.7 Å². The van der Waals surface area contributed by atoms with Gasteiger partial charge in [0.15, 0.2) is 5.79 Å². The van der Waals surface area contributed by atoms with Gasteiger partial charge in [0, 0.05) is 31.1 Å². The topological polar surface area (TPSA) is 65.0 Å². The van der Waals surface area contributed by atoms with Crippen LogP contribution in [0.25, 0.3) is 0 Å². The minimum absolute atomic E-state index is 0.00602. The predicted molar refractivity (Wildman–Crippen MR) is 129 cm³/mol. The maximum Gasteiger partial charge on any atom is 0.302 e. The average molecular weight is 473 g/mol. The molecule has 0 aromatic rings. The molecule has 1 N–H and O–H groups in total. The number of carbonyl (C=O) groups excluding carboxylic acids is 1. The molecule has 34 heavy (non-hydrogen) atoms. The standard InChI is InChI=1S/C29H44O5/c1-17-8-13-28(32-16-17)18(2)29(31)25(34-28)15-24-22-7-6-20-14-21(33-19(3)30)9-11-26(20,4)23(22)10-12-27(24,29)5/h6,17-18,21-25,31H,7-16H2,1-5H3/t17-,18-,21-,22-,23+,24+,25+,26-,27-,28+,29-/m0/s1. The quantitative estimate of drug-likeness (QED) is 0.409. The first-order valence-corrected chi connectivity index (χ1v) is 13.9. The lowest BCUT2D eigenvalue weighted by Crippen LogP contribution is -2.59. The van der Waals surface area contributed by atoms with Crippen molar-refractivity contribution < 1.29 is 24.1 Å². The molecule has 2 aliphatic heterocycles. The molecule has 2 heterocycles. The van der Waals surface area contributed by atoms with Crippen LogP contribution in [0.2, 0.25) is 0 Å². The van der Waals surface area contributed by atoms with E-state index in [1.54, 1.807) is 0 Å². The number of hydrogen-bond donors (Lipinski definition) is 1. The summed E-state index contributed by atoms with van der Waals surface area (Å²) in [5.74, 6) is 1.50. The molecule has 1 spiro atoms. The van der Waals surface area contributed by atoms with E-state index in [0.717, 1.165) is 64.4 Å². The number of fused-ring (bicyclic) bond motifs is 7. The number of esters is 1. The number of carbonyl (C=O) groups is 1. The molecule has 5 fully saturated rings. The molecule has 0 radical (unpaired) electrons. The Hall–Kier alpha value is -0.910. The zero-order valence-corrected chi connectivity index (χ0v) is 21.8. The highest BCUT2D eigenvalue weighted by Crippen LogP contribution is 2.72. The highest BCUT2D eigenvalue weighted by Gasteiger charge is 2.76. The van der Waals surface area contributed by atoms with Gasteiger partial charge in [-0.15, -0.1) is 0 Å². The van der Waals surface area contributed by atoms with Gasteiger partial charge in [-0.25, -0.2) is 0 Å². The van der Waals surface area contributed by atoms with Crippen molar-refractivity contribution in [2.75, 3.05) is 6.61 Å². The summed E-state index contributed by atoms with van der Waals surface area (Å²) in [4.78, 5) is 11.5. The highest BCUT2D eigenvalue weighted by atomic mass is 16.7. The Morgan fingerprint density at radius 3 is 2.62 bits per heavy atom. The van der Waals surface area contributed by atoms with E-state index in [1.807, 2.05) is 0 Å². The Labute approximate surface area is 205 Å². The van der Waals surface area contributed by atoms with Crippen molar-refractivity contribution in [3.05, 3.63) is 11.6 Å². The zero-order valence-electron chi connectivity index (χ0n) is 21.8.